The zero-order valence-electron chi connectivity index (χ0n) is 13.2. The number of hydrogen-bond donors (Lipinski definition) is 2. The molecule has 0 aliphatic carbocycles. The van der Waals surface area contributed by atoms with E-state index in [1.807, 2.05) is 24.7 Å². The molecule has 0 radical (unpaired) electrons. The molecule has 1 fully saturated rings. The van der Waals surface area contributed by atoms with Crippen LogP contribution in [0.25, 0.3) is 0 Å². The van der Waals surface area contributed by atoms with Gasteiger partial charge in [-0.2, -0.15) is 0 Å². The van der Waals surface area contributed by atoms with Crippen molar-refractivity contribution < 1.29 is 9.90 Å². The van der Waals surface area contributed by atoms with Crippen molar-refractivity contribution in [1.82, 2.24) is 19.8 Å². The van der Waals surface area contributed by atoms with Crippen molar-refractivity contribution >= 4 is 5.91 Å². The summed E-state index contributed by atoms with van der Waals surface area (Å²) < 4.78 is 1.85. The zero-order chi connectivity index (χ0) is 16.1. The summed E-state index contributed by atoms with van der Waals surface area (Å²) in [5.74, 6) is 3.25. The maximum atomic E-state index is 11.9. The molecule has 1 saturated heterocycles. The Kier molecular flexibility index (Phi) is 5.58. The summed E-state index contributed by atoms with van der Waals surface area (Å²) >= 11 is 0. The molecule has 1 amide bonds. The van der Waals surface area contributed by atoms with Crippen LogP contribution in [0, 0.1) is 18.3 Å². The summed E-state index contributed by atoms with van der Waals surface area (Å²) in [7, 11) is 1.89. The van der Waals surface area contributed by atoms with Gasteiger partial charge in [-0.3, -0.25) is 9.69 Å². The minimum Gasteiger partial charge on any atom is -0.385 e. The Hall–Kier alpha value is -1.84. The smallest absolute Gasteiger partial charge is 0.237 e. The molecule has 6 nitrogen and oxygen atoms in total. The largest absolute Gasteiger partial charge is 0.385 e. The van der Waals surface area contributed by atoms with Crippen LogP contribution in [0.1, 0.15) is 31.7 Å². The lowest BCUT2D eigenvalue weighted by Crippen LogP contribution is -2.48. The van der Waals surface area contributed by atoms with Crippen LogP contribution in [0.5, 0.6) is 0 Å². The maximum Gasteiger partial charge on any atom is 0.237 e. The van der Waals surface area contributed by atoms with Gasteiger partial charge < -0.3 is 15.0 Å². The topological polar surface area (TPSA) is 70.4 Å². The van der Waals surface area contributed by atoms with Gasteiger partial charge in [-0.15, -0.1) is 6.42 Å². The molecular weight excluding hydrogens is 280 g/mol. The van der Waals surface area contributed by atoms with E-state index in [0.29, 0.717) is 5.82 Å². The van der Waals surface area contributed by atoms with Crippen molar-refractivity contribution in [2.24, 2.45) is 13.0 Å². The van der Waals surface area contributed by atoms with Crippen LogP contribution in [0.4, 0.5) is 0 Å². The molecule has 1 aliphatic heterocycles. The van der Waals surface area contributed by atoms with E-state index in [1.165, 1.54) is 0 Å². The van der Waals surface area contributed by atoms with Crippen LogP contribution in [-0.2, 0) is 11.8 Å². The number of aromatic nitrogens is 2. The van der Waals surface area contributed by atoms with Gasteiger partial charge in [-0.1, -0.05) is 5.92 Å². The van der Waals surface area contributed by atoms with Crippen LogP contribution in [-0.4, -0.2) is 51.1 Å². The van der Waals surface area contributed by atoms with Gasteiger partial charge in [-0.25, -0.2) is 4.98 Å². The summed E-state index contributed by atoms with van der Waals surface area (Å²) in [6, 6.07) is -0.195. The van der Waals surface area contributed by atoms with Gasteiger partial charge in [0.15, 0.2) is 0 Å². The van der Waals surface area contributed by atoms with E-state index in [4.69, 9.17) is 6.42 Å². The Balaban J connectivity index is 1.86. The van der Waals surface area contributed by atoms with Crippen LogP contribution < -0.4 is 5.32 Å². The summed E-state index contributed by atoms with van der Waals surface area (Å²) in [6.07, 6.45) is 9.84. The lowest BCUT2D eigenvalue weighted by Gasteiger charge is -2.36. The molecule has 1 aromatic heterocycles. The van der Waals surface area contributed by atoms with Crippen molar-refractivity contribution in [2.45, 2.75) is 31.9 Å². The minimum absolute atomic E-state index is 0.0407. The number of aliphatic hydroxyl groups excluding tert-OH is 1. The van der Waals surface area contributed by atoms with E-state index in [-0.39, 0.29) is 24.4 Å². The number of amides is 1. The lowest BCUT2D eigenvalue weighted by atomic mass is 9.90. The summed E-state index contributed by atoms with van der Waals surface area (Å²) in [5.41, 5.74) is 0. The van der Waals surface area contributed by atoms with Crippen molar-refractivity contribution in [2.75, 3.05) is 19.6 Å². The van der Waals surface area contributed by atoms with E-state index in [2.05, 4.69) is 21.1 Å². The molecule has 0 unspecified atom stereocenters. The number of piperidine rings is 1. The van der Waals surface area contributed by atoms with Gasteiger partial charge in [0, 0.05) is 19.4 Å². The Morgan fingerprint density at radius 3 is 2.82 bits per heavy atom. The molecule has 2 N–H and O–H groups in total. The number of imidazole rings is 1. The molecule has 2 atom stereocenters. The van der Waals surface area contributed by atoms with Gasteiger partial charge in [0.05, 0.1) is 12.6 Å². The van der Waals surface area contributed by atoms with E-state index in [1.54, 1.807) is 6.20 Å². The lowest BCUT2D eigenvalue weighted by molar-refractivity contribution is -0.126. The highest BCUT2D eigenvalue weighted by molar-refractivity contribution is 5.81. The third-order valence-corrected chi connectivity index (χ3v) is 4.44. The summed E-state index contributed by atoms with van der Waals surface area (Å²) in [4.78, 5) is 18.3. The minimum atomic E-state index is -0.548. The predicted octanol–water partition coefficient (Wildman–Crippen LogP) is 0.303. The molecule has 22 heavy (non-hydrogen) atoms. The standard InChI is InChI=1S/C16H24N4O2/c1-4-7-18-16(22)12(2)20-9-5-13(6-10-20)14(21)15-17-8-11-19(15)3/h1,8,11-14,21H,5-7,9-10H2,2-3H3,(H,18,22)/t12-,14-/m0/s1. The van der Waals surface area contributed by atoms with Crippen molar-refractivity contribution in [1.29, 1.82) is 0 Å². The van der Waals surface area contributed by atoms with Crippen molar-refractivity contribution in [3.8, 4) is 12.3 Å². The molecular formula is C16H24N4O2. The second-order valence-corrected chi connectivity index (χ2v) is 5.81. The van der Waals surface area contributed by atoms with Gasteiger partial charge in [0.25, 0.3) is 0 Å². The Bertz CT molecular complexity index is 541. The van der Waals surface area contributed by atoms with E-state index in [9.17, 15) is 9.90 Å². The molecule has 6 heteroatoms. The number of rotatable bonds is 5. The third-order valence-electron chi connectivity index (χ3n) is 4.44. The van der Waals surface area contributed by atoms with Crippen molar-refractivity contribution in [3.05, 3.63) is 18.2 Å². The summed E-state index contributed by atoms with van der Waals surface area (Å²) in [6.45, 7) is 3.73. The predicted molar refractivity (Wildman–Crippen MR) is 83.8 cm³/mol. The maximum absolute atomic E-state index is 11.9. The fourth-order valence-electron chi connectivity index (χ4n) is 2.95. The monoisotopic (exact) mass is 304 g/mol. The first kappa shape index (κ1) is 16.5. The Morgan fingerprint density at radius 2 is 2.27 bits per heavy atom. The zero-order valence-corrected chi connectivity index (χ0v) is 13.2. The number of carbonyl (C=O) groups is 1. The summed E-state index contributed by atoms with van der Waals surface area (Å²) in [5, 5.41) is 13.2. The highest BCUT2D eigenvalue weighted by Gasteiger charge is 2.31. The molecule has 1 aliphatic rings. The molecule has 120 valence electrons. The molecule has 2 rings (SSSR count). The van der Waals surface area contributed by atoms with E-state index >= 15 is 0 Å². The number of nitrogens with one attached hydrogen (secondary N) is 1. The number of nitrogens with zero attached hydrogens (tertiary/aromatic N) is 3. The highest BCUT2D eigenvalue weighted by Crippen LogP contribution is 2.30. The fourth-order valence-corrected chi connectivity index (χ4v) is 2.95. The number of aryl methyl sites for hydroxylation is 1. The number of carbonyl (C=O) groups excluding carboxylic acids is 1. The first-order valence-electron chi connectivity index (χ1n) is 7.65. The second kappa shape index (κ2) is 7.43. The second-order valence-electron chi connectivity index (χ2n) is 5.81. The van der Waals surface area contributed by atoms with Crippen molar-refractivity contribution in [3.63, 3.8) is 0 Å². The van der Waals surface area contributed by atoms with Crippen LogP contribution in [0.2, 0.25) is 0 Å². The van der Waals surface area contributed by atoms with Gasteiger partial charge >= 0.3 is 0 Å². The number of terminal acetylenes is 1. The SMILES string of the molecule is C#CCNC(=O)[C@H](C)N1CCC([C@H](O)c2nccn2C)CC1. The average Bonchev–Trinajstić information content (AvgIpc) is 2.97. The first-order valence-corrected chi connectivity index (χ1v) is 7.65. The first-order chi connectivity index (χ1) is 10.5. The fraction of sp³-hybridized carbons (Fsp3) is 0.625. The molecule has 2 heterocycles. The molecule has 0 aromatic carbocycles. The number of hydrogen-bond acceptors (Lipinski definition) is 4. The molecule has 0 saturated carbocycles. The Labute approximate surface area is 131 Å². The van der Waals surface area contributed by atoms with Crippen LogP contribution in [0.3, 0.4) is 0 Å². The normalized spacial score (nSPS) is 19.4. The van der Waals surface area contributed by atoms with Gasteiger partial charge in [0.2, 0.25) is 5.91 Å². The number of likely N-dealkylation sites (tertiary alicyclic amines) is 1. The quantitative estimate of drug-likeness (QED) is 0.768. The molecule has 1 aromatic rings. The molecule has 0 bridgehead atoms. The third kappa shape index (κ3) is 3.67. The van der Waals surface area contributed by atoms with Gasteiger partial charge in [0.1, 0.15) is 11.9 Å². The van der Waals surface area contributed by atoms with Crippen LogP contribution >= 0.6 is 0 Å². The molecule has 0 spiro atoms. The van der Waals surface area contributed by atoms with E-state index < -0.39 is 6.10 Å². The average molecular weight is 304 g/mol. The Morgan fingerprint density at radius 1 is 1.59 bits per heavy atom. The van der Waals surface area contributed by atoms with Crippen LogP contribution in [0.15, 0.2) is 12.4 Å². The van der Waals surface area contributed by atoms with Gasteiger partial charge in [-0.05, 0) is 38.8 Å². The number of aliphatic hydroxyl groups is 1. The highest BCUT2D eigenvalue weighted by atomic mass is 16.3. The van der Waals surface area contributed by atoms with E-state index in [0.717, 1.165) is 25.9 Å².